The Morgan fingerprint density at radius 2 is 1.77 bits per heavy atom. The van der Waals surface area contributed by atoms with Crippen LogP contribution in [-0.4, -0.2) is 24.0 Å². The highest BCUT2D eigenvalue weighted by atomic mass is 16.5. The molecule has 0 amide bonds. The van der Waals surface area contributed by atoms with Crippen molar-refractivity contribution in [2.24, 2.45) is 46.3 Å². The first-order valence-corrected chi connectivity index (χ1v) is 12.7. The predicted molar refractivity (Wildman–Crippen MR) is 121 cm³/mol. The summed E-state index contributed by atoms with van der Waals surface area (Å²) in [5.74, 6) is 2.75. The number of methoxy groups -OCH3 is 1. The van der Waals surface area contributed by atoms with Crippen LogP contribution >= 0.6 is 0 Å². The molecule has 8 atom stereocenters. The van der Waals surface area contributed by atoms with E-state index in [9.17, 15) is 14.7 Å². The Morgan fingerprint density at radius 3 is 2.45 bits per heavy atom. The molecule has 4 aliphatic carbocycles. The van der Waals surface area contributed by atoms with E-state index in [0.717, 1.165) is 37.7 Å². The Bertz CT molecular complexity index is 769. The summed E-state index contributed by atoms with van der Waals surface area (Å²) in [5, 5.41) is 11.6. The van der Waals surface area contributed by atoms with Crippen LogP contribution in [0.3, 0.4) is 0 Å². The van der Waals surface area contributed by atoms with E-state index < -0.39 is 0 Å². The Balaban J connectivity index is 1.66. The lowest BCUT2D eigenvalue weighted by atomic mass is 9.44. The minimum absolute atomic E-state index is 0.0855. The van der Waals surface area contributed by atoms with Crippen LogP contribution in [0.5, 0.6) is 0 Å². The zero-order valence-electron chi connectivity index (χ0n) is 20.2. The first kappa shape index (κ1) is 22.9. The lowest BCUT2D eigenvalue weighted by Gasteiger charge is -2.60. The van der Waals surface area contributed by atoms with Gasteiger partial charge in [-0.25, -0.2) is 0 Å². The Labute approximate surface area is 188 Å². The molecule has 4 nitrogen and oxygen atoms in total. The minimum Gasteiger partial charge on any atom is -0.512 e. The van der Waals surface area contributed by atoms with Gasteiger partial charge in [-0.15, -0.1) is 0 Å². The first-order chi connectivity index (χ1) is 14.6. The molecular weight excluding hydrogens is 388 g/mol. The Morgan fingerprint density at radius 1 is 1.06 bits per heavy atom. The molecule has 0 saturated heterocycles. The Kier molecular flexibility index (Phi) is 6.07. The van der Waals surface area contributed by atoms with Crippen molar-refractivity contribution in [3.8, 4) is 0 Å². The van der Waals surface area contributed by atoms with Gasteiger partial charge in [0.25, 0.3) is 0 Å². The summed E-state index contributed by atoms with van der Waals surface area (Å²) >= 11 is 0. The van der Waals surface area contributed by atoms with E-state index >= 15 is 0 Å². The van der Waals surface area contributed by atoms with E-state index in [4.69, 9.17) is 4.74 Å². The number of allylic oxidation sites excluding steroid dienone is 2. The maximum Gasteiger partial charge on any atom is 0.305 e. The summed E-state index contributed by atoms with van der Waals surface area (Å²) in [6, 6.07) is 0. The highest BCUT2D eigenvalue weighted by Gasteiger charge is 2.62. The number of esters is 1. The molecule has 4 heteroatoms. The number of aliphatic hydroxyl groups is 1. The van der Waals surface area contributed by atoms with E-state index in [1.165, 1.54) is 32.8 Å². The van der Waals surface area contributed by atoms with Gasteiger partial charge in [0.15, 0.2) is 5.78 Å². The highest BCUT2D eigenvalue weighted by molar-refractivity contribution is 5.94. The maximum absolute atomic E-state index is 12.7. The van der Waals surface area contributed by atoms with E-state index in [1.54, 1.807) is 6.92 Å². The molecule has 0 heterocycles. The van der Waals surface area contributed by atoms with Crippen molar-refractivity contribution in [2.75, 3.05) is 7.11 Å². The van der Waals surface area contributed by atoms with Crippen LogP contribution in [0.1, 0.15) is 91.9 Å². The summed E-state index contributed by atoms with van der Waals surface area (Å²) < 4.78 is 4.87. The van der Waals surface area contributed by atoms with Gasteiger partial charge in [-0.1, -0.05) is 33.6 Å². The van der Waals surface area contributed by atoms with E-state index in [-0.39, 0.29) is 34.4 Å². The second-order valence-corrected chi connectivity index (χ2v) is 11.7. The maximum atomic E-state index is 12.7. The number of carbonyl (C=O) groups excluding carboxylic acids is 2. The predicted octanol–water partition coefficient (Wildman–Crippen LogP) is 6.25. The fraction of sp³-hybridized carbons (Fsp3) is 0.852. The zero-order valence-corrected chi connectivity index (χ0v) is 20.2. The average molecular weight is 431 g/mol. The summed E-state index contributed by atoms with van der Waals surface area (Å²) in [5.41, 5.74) is 1.09. The lowest BCUT2D eigenvalue weighted by Crippen LogP contribution is -2.54. The molecule has 1 unspecified atom stereocenters. The molecule has 0 spiro atoms. The second-order valence-electron chi connectivity index (χ2n) is 11.7. The zero-order chi connectivity index (χ0) is 22.6. The fourth-order valence-corrected chi connectivity index (χ4v) is 8.94. The first-order valence-electron chi connectivity index (χ1n) is 12.7. The van der Waals surface area contributed by atoms with Gasteiger partial charge in [-0.3, -0.25) is 9.59 Å². The van der Waals surface area contributed by atoms with Crippen molar-refractivity contribution in [1.82, 2.24) is 0 Å². The van der Waals surface area contributed by atoms with Gasteiger partial charge in [0.05, 0.1) is 7.11 Å². The van der Waals surface area contributed by atoms with Crippen molar-refractivity contribution in [2.45, 2.75) is 91.9 Å². The van der Waals surface area contributed by atoms with Crippen molar-refractivity contribution < 1.29 is 19.4 Å². The molecule has 0 aromatic rings. The number of hydrogen-bond donors (Lipinski definition) is 1. The van der Waals surface area contributed by atoms with Crippen LogP contribution in [-0.2, 0) is 14.3 Å². The number of ether oxygens (including phenoxy) is 1. The number of ketones is 1. The number of rotatable bonds is 5. The molecule has 0 aromatic heterocycles. The third-order valence-electron chi connectivity index (χ3n) is 10.5. The molecule has 0 aromatic carbocycles. The van der Waals surface area contributed by atoms with Crippen molar-refractivity contribution in [3.05, 3.63) is 11.3 Å². The summed E-state index contributed by atoms with van der Waals surface area (Å²) in [7, 11) is 1.46. The number of aliphatic hydroxyl groups excluding tert-OH is 1. The van der Waals surface area contributed by atoms with E-state index in [2.05, 4.69) is 20.8 Å². The second kappa shape index (κ2) is 8.23. The normalized spacial score (nSPS) is 42.9. The van der Waals surface area contributed by atoms with Crippen molar-refractivity contribution in [3.63, 3.8) is 0 Å². The van der Waals surface area contributed by atoms with Crippen molar-refractivity contribution >= 4 is 11.8 Å². The molecule has 1 N–H and O–H groups in total. The average Bonchev–Trinajstić information content (AvgIpc) is 3.09. The number of fused-ring (bicyclic) bond motifs is 5. The molecule has 0 aliphatic heterocycles. The van der Waals surface area contributed by atoms with Gasteiger partial charge < -0.3 is 9.84 Å². The molecule has 174 valence electrons. The molecule has 0 bridgehead atoms. The number of hydrogen-bond acceptors (Lipinski definition) is 4. The van der Waals surface area contributed by atoms with Crippen LogP contribution in [0.15, 0.2) is 11.3 Å². The van der Waals surface area contributed by atoms with E-state index in [1.807, 2.05) is 0 Å². The smallest absolute Gasteiger partial charge is 0.305 e. The molecule has 4 rings (SSSR count). The van der Waals surface area contributed by atoms with Gasteiger partial charge in [-0.2, -0.15) is 0 Å². The molecule has 31 heavy (non-hydrogen) atoms. The van der Waals surface area contributed by atoms with Crippen LogP contribution in [0.25, 0.3) is 0 Å². The molecule has 4 aliphatic rings. The van der Waals surface area contributed by atoms with Crippen molar-refractivity contribution in [1.29, 1.82) is 0 Å². The van der Waals surface area contributed by atoms with Gasteiger partial charge in [0, 0.05) is 17.9 Å². The highest BCUT2D eigenvalue weighted by Crippen LogP contribution is 2.69. The van der Waals surface area contributed by atoms with Crippen LogP contribution < -0.4 is 0 Å². The molecular formula is C27H42O4. The van der Waals surface area contributed by atoms with E-state index in [0.29, 0.717) is 35.9 Å². The SMILES string of the molecule is COC(=O)CCC(C)[C@H]1CC[C@H]2[C@@H]3C(O)=C(C(C)=O)[C@@H]4CCCC[C@]4(C)[C@H]3CC[C@]12C. The van der Waals surface area contributed by atoms with Crippen LogP contribution in [0, 0.1) is 46.3 Å². The summed E-state index contributed by atoms with van der Waals surface area (Å²) in [6.45, 7) is 8.83. The minimum atomic E-state index is -0.120. The molecule has 0 radical (unpaired) electrons. The standard InChI is InChI=1S/C27H42O4/c1-16(9-12-22(29)31-5)18-10-11-20-24-21(13-15-27(18,20)4)26(3)14-7-6-8-19(26)23(17(2)28)25(24)30/h16,18-21,24,30H,6-15H2,1-5H3/t16?,18-,19+,20+,21+,24+,26+,27-/m1/s1. The molecule has 3 fully saturated rings. The van der Waals surface area contributed by atoms with Gasteiger partial charge in [0.1, 0.15) is 5.76 Å². The van der Waals surface area contributed by atoms with Crippen LogP contribution in [0.2, 0.25) is 0 Å². The molecule has 3 saturated carbocycles. The fourth-order valence-electron chi connectivity index (χ4n) is 8.94. The lowest BCUT2D eigenvalue weighted by molar-refractivity contribution is -0.141. The number of carbonyl (C=O) groups is 2. The topological polar surface area (TPSA) is 63.6 Å². The quantitative estimate of drug-likeness (QED) is 0.524. The Hall–Kier alpha value is -1.32. The number of Topliss-reactive ketones (excluding diaryl/α,β-unsaturated/α-hetero) is 1. The van der Waals surface area contributed by atoms with Gasteiger partial charge in [0.2, 0.25) is 0 Å². The largest absolute Gasteiger partial charge is 0.512 e. The van der Waals surface area contributed by atoms with Gasteiger partial charge >= 0.3 is 5.97 Å². The monoisotopic (exact) mass is 430 g/mol. The van der Waals surface area contributed by atoms with Gasteiger partial charge in [-0.05, 0) is 92.3 Å². The summed E-state index contributed by atoms with van der Waals surface area (Å²) in [6.07, 6.45) is 10.7. The van der Waals surface area contributed by atoms with Crippen LogP contribution in [0.4, 0.5) is 0 Å². The third-order valence-corrected chi connectivity index (χ3v) is 10.5. The summed E-state index contributed by atoms with van der Waals surface area (Å²) in [4.78, 5) is 24.4. The third kappa shape index (κ3) is 3.47.